The van der Waals surface area contributed by atoms with Gasteiger partial charge in [-0.3, -0.25) is 14.9 Å². The molecular formula is C20H19ClN4O4S. The molecule has 2 aromatic carbocycles. The lowest BCUT2D eigenvalue weighted by molar-refractivity contribution is -0.385. The highest BCUT2D eigenvalue weighted by Crippen LogP contribution is 2.29. The topological polar surface area (TPSA) is 99.3 Å². The van der Waals surface area contributed by atoms with Crippen molar-refractivity contribution in [3.05, 3.63) is 74.9 Å². The summed E-state index contributed by atoms with van der Waals surface area (Å²) in [5.41, 5.74) is 2.13. The summed E-state index contributed by atoms with van der Waals surface area (Å²) < 4.78 is 6.62. The lowest BCUT2D eigenvalue weighted by Crippen LogP contribution is -2.17. The van der Waals surface area contributed by atoms with Crippen LogP contribution in [0, 0.1) is 17.0 Å². The van der Waals surface area contributed by atoms with Crippen molar-refractivity contribution in [3.8, 4) is 11.4 Å². The van der Waals surface area contributed by atoms with E-state index < -0.39 is 4.92 Å². The Hall–Kier alpha value is -3.04. The van der Waals surface area contributed by atoms with Crippen LogP contribution in [-0.4, -0.2) is 33.5 Å². The highest BCUT2D eigenvalue weighted by Gasteiger charge is 2.16. The van der Waals surface area contributed by atoms with Crippen molar-refractivity contribution in [1.29, 1.82) is 0 Å². The fourth-order valence-electron chi connectivity index (χ4n) is 2.80. The molecule has 1 heterocycles. The summed E-state index contributed by atoms with van der Waals surface area (Å²) in [6.45, 7) is 1.84. The number of carbonyl (C=O) groups excluding carboxylic acids is 1. The first kappa shape index (κ1) is 21.7. The first-order valence-corrected chi connectivity index (χ1v) is 10.4. The minimum atomic E-state index is -0.487. The molecule has 0 spiro atoms. The van der Waals surface area contributed by atoms with Crippen molar-refractivity contribution in [3.63, 3.8) is 0 Å². The molecular weight excluding hydrogens is 428 g/mol. The van der Waals surface area contributed by atoms with E-state index in [0.29, 0.717) is 16.6 Å². The monoisotopic (exact) mass is 446 g/mol. The highest BCUT2D eigenvalue weighted by molar-refractivity contribution is 7.99. The first-order valence-electron chi connectivity index (χ1n) is 8.89. The van der Waals surface area contributed by atoms with E-state index in [1.54, 1.807) is 35.0 Å². The Morgan fingerprint density at radius 1 is 1.30 bits per heavy atom. The molecule has 3 rings (SSSR count). The van der Waals surface area contributed by atoms with Crippen molar-refractivity contribution in [2.45, 2.75) is 12.7 Å². The third kappa shape index (κ3) is 5.31. The number of nitrogens with one attached hydrogen (secondary N) is 1. The Balaban J connectivity index is 1.62. The van der Waals surface area contributed by atoms with Gasteiger partial charge in [-0.25, -0.2) is 4.68 Å². The molecule has 1 aromatic heterocycles. The molecule has 156 valence electrons. The summed E-state index contributed by atoms with van der Waals surface area (Å²) in [6.07, 6.45) is 0. The zero-order valence-electron chi connectivity index (χ0n) is 16.3. The van der Waals surface area contributed by atoms with E-state index in [-0.39, 0.29) is 23.1 Å². The van der Waals surface area contributed by atoms with E-state index in [1.807, 2.05) is 19.1 Å². The summed E-state index contributed by atoms with van der Waals surface area (Å²) >= 11 is 7.41. The van der Waals surface area contributed by atoms with E-state index in [9.17, 15) is 14.9 Å². The number of aromatic nitrogens is 2. The Kier molecular flexibility index (Phi) is 6.96. The second-order valence-corrected chi connectivity index (χ2v) is 7.79. The molecule has 0 aliphatic carbocycles. The van der Waals surface area contributed by atoms with Crippen LogP contribution in [0.2, 0.25) is 5.02 Å². The number of anilines is 1. The Bertz CT molecular complexity index is 1090. The third-order valence-corrected chi connectivity index (χ3v) is 5.33. The van der Waals surface area contributed by atoms with Crippen LogP contribution < -0.4 is 10.1 Å². The standard InChI is InChI=1S/C20H19ClN4O4S/c1-13-8-19(24(23-13)16-5-3-4-15(21)10-16)22-20(26)12-30-11-14-6-7-18(29-2)17(9-14)25(27)28/h3-10H,11-12H2,1-2H3,(H,22,26). The molecule has 0 atom stereocenters. The van der Waals surface area contributed by atoms with Gasteiger partial charge in [-0.1, -0.05) is 23.7 Å². The lowest BCUT2D eigenvalue weighted by atomic mass is 10.2. The van der Waals surface area contributed by atoms with Crippen LogP contribution >= 0.6 is 23.4 Å². The molecule has 1 amide bonds. The largest absolute Gasteiger partial charge is 0.490 e. The Morgan fingerprint density at radius 2 is 2.10 bits per heavy atom. The predicted molar refractivity (Wildman–Crippen MR) is 118 cm³/mol. The highest BCUT2D eigenvalue weighted by atomic mass is 35.5. The summed E-state index contributed by atoms with van der Waals surface area (Å²) in [7, 11) is 1.39. The van der Waals surface area contributed by atoms with Gasteiger partial charge < -0.3 is 10.1 Å². The molecule has 0 fully saturated rings. The number of thioether (sulfide) groups is 1. The fraction of sp³-hybridized carbons (Fsp3) is 0.200. The normalized spacial score (nSPS) is 10.6. The second kappa shape index (κ2) is 9.64. The number of ether oxygens (including phenoxy) is 1. The molecule has 0 radical (unpaired) electrons. The molecule has 3 aromatic rings. The number of aryl methyl sites for hydroxylation is 1. The molecule has 0 unspecified atom stereocenters. The maximum absolute atomic E-state index is 12.4. The number of rotatable bonds is 8. The van der Waals surface area contributed by atoms with Crippen molar-refractivity contribution in [2.75, 3.05) is 18.2 Å². The molecule has 0 aliphatic rings. The predicted octanol–water partition coefficient (Wildman–Crippen LogP) is 4.62. The van der Waals surface area contributed by atoms with Crippen LogP contribution in [0.25, 0.3) is 5.69 Å². The molecule has 8 nitrogen and oxygen atoms in total. The summed E-state index contributed by atoms with van der Waals surface area (Å²) in [5, 5.41) is 19.0. The molecule has 0 aliphatic heterocycles. The van der Waals surface area contributed by atoms with Crippen LogP contribution in [0.4, 0.5) is 11.5 Å². The number of hydrogen-bond donors (Lipinski definition) is 1. The van der Waals surface area contributed by atoms with Crippen molar-refractivity contribution < 1.29 is 14.5 Å². The van der Waals surface area contributed by atoms with E-state index in [4.69, 9.17) is 16.3 Å². The van der Waals surface area contributed by atoms with Crippen molar-refractivity contribution in [1.82, 2.24) is 9.78 Å². The minimum Gasteiger partial charge on any atom is -0.490 e. The molecule has 1 N–H and O–H groups in total. The molecule has 0 saturated carbocycles. The van der Waals surface area contributed by atoms with E-state index in [0.717, 1.165) is 16.9 Å². The van der Waals surface area contributed by atoms with E-state index >= 15 is 0 Å². The quantitative estimate of drug-likeness (QED) is 0.400. The zero-order valence-corrected chi connectivity index (χ0v) is 17.9. The van der Waals surface area contributed by atoms with Gasteiger partial charge in [-0.05, 0) is 36.8 Å². The SMILES string of the molecule is COc1ccc(CSCC(=O)Nc2cc(C)nn2-c2cccc(Cl)c2)cc1[N+](=O)[O-]. The van der Waals surface area contributed by atoms with Gasteiger partial charge >= 0.3 is 5.69 Å². The van der Waals surface area contributed by atoms with Gasteiger partial charge in [0, 0.05) is 22.9 Å². The number of nitro groups is 1. The number of nitro benzene ring substituents is 1. The van der Waals surface area contributed by atoms with Gasteiger partial charge in [0.15, 0.2) is 5.75 Å². The molecule has 0 saturated heterocycles. The average molecular weight is 447 g/mol. The smallest absolute Gasteiger partial charge is 0.311 e. The zero-order chi connectivity index (χ0) is 21.7. The summed E-state index contributed by atoms with van der Waals surface area (Å²) in [4.78, 5) is 23.1. The second-order valence-electron chi connectivity index (χ2n) is 6.37. The van der Waals surface area contributed by atoms with Gasteiger partial charge in [0.2, 0.25) is 5.91 Å². The van der Waals surface area contributed by atoms with Crippen LogP contribution in [0.15, 0.2) is 48.5 Å². The Morgan fingerprint density at radius 3 is 2.80 bits per heavy atom. The number of halogens is 1. The molecule has 10 heteroatoms. The average Bonchev–Trinajstić information content (AvgIpc) is 3.07. The molecule has 0 bridgehead atoms. The maximum atomic E-state index is 12.4. The van der Waals surface area contributed by atoms with Crippen molar-refractivity contribution in [2.24, 2.45) is 0 Å². The molecule has 30 heavy (non-hydrogen) atoms. The van der Waals surface area contributed by atoms with Gasteiger partial charge in [-0.15, -0.1) is 11.8 Å². The number of hydrogen-bond acceptors (Lipinski definition) is 6. The number of nitrogens with zero attached hydrogens (tertiary/aromatic N) is 3. The fourth-order valence-corrected chi connectivity index (χ4v) is 3.76. The van der Waals surface area contributed by atoms with E-state index in [1.165, 1.54) is 24.9 Å². The van der Waals surface area contributed by atoms with Gasteiger partial charge in [0.05, 0.1) is 29.2 Å². The number of carbonyl (C=O) groups is 1. The van der Waals surface area contributed by atoms with Crippen LogP contribution in [-0.2, 0) is 10.5 Å². The van der Waals surface area contributed by atoms with Crippen LogP contribution in [0.5, 0.6) is 5.75 Å². The van der Waals surface area contributed by atoms with Crippen LogP contribution in [0.3, 0.4) is 0 Å². The number of benzene rings is 2. The minimum absolute atomic E-state index is 0.0963. The number of amides is 1. The van der Waals surface area contributed by atoms with E-state index in [2.05, 4.69) is 10.4 Å². The van der Waals surface area contributed by atoms with Gasteiger partial charge in [0.1, 0.15) is 5.82 Å². The maximum Gasteiger partial charge on any atom is 0.311 e. The van der Waals surface area contributed by atoms with Gasteiger partial charge in [0.25, 0.3) is 0 Å². The van der Waals surface area contributed by atoms with Crippen LogP contribution in [0.1, 0.15) is 11.3 Å². The van der Waals surface area contributed by atoms with Gasteiger partial charge in [-0.2, -0.15) is 5.10 Å². The third-order valence-electron chi connectivity index (χ3n) is 4.09. The first-order chi connectivity index (χ1) is 14.4. The summed E-state index contributed by atoms with van der Waals surface area (Å²) in [5.74, 6) is 1.17. The van der Waals surface area contributed by atoms with Crippen molar-refractivity contribution >= 4 is 40.8 Å². The lowest BCUT2D eigenvalue weighted by Gasteiger charge is -2.09. The number of methoxy groups -OCH3 is 1. The summed E-state index contributed by atoms with van der Waals surface area (Å²) in [6, 6.07) is 13.7. The Labute approximate surface area is 182 Å².